The van der Waals surface area contributed by atoms with E-state index in [1.807, 2.05) is 82.3 Å². The number of fused-ring (bicyclic) bond motifs is 1. The van der Waals surface area contributed by atoms with Gasteiger partial charge in [0.25, 0.3) is 0 Å². The number of benzene rings is 3. The van der Waals surface area contributed by atoms with Gasteiger partial charge in [0, 0.05) is 11.1 Å². The molecule has 5 heteroatoms. The average Bonchev–Trinajstić information content (AvgIpc) is 2.82. The fourth-order valence-electron chi connectivity index (χ4n) is 4.64. The Labute approximate surface area is 207 Å². The van der Waals surface area contributed by atoms with Gasteiger partial charge < -0.3 is 19.3 Å². The lowest BCUT2D eigenvalue weighted by atomic mass is 9.86. The van der Waals surface area contributed by atoms with E-state index in [1.165, 1.54) is 5.56 Å². The number of aliphatic carboxylic acids is 1. The third-order valence-corrected chi connectivity index (χ3v) is 6.27. The van der Waals surface area contributed by atoms with Crippen molar-refractivity contribution in [1.29, 1.82) is 0 Å². The van der Waals surface area contributed by atoms with Crippen LogP contribution < -0.4 is 9.47 Å². The minimum Gasteiger partial charge on any atom is -0.493 e. The summed E-state index contributed by atoms with van der Waals surface area (Å²) in [5.74, 6) is 0.514. The highest BCUT2D eigenvalue weighted by atomic mass is 16.5. The van der Waals surface area contributed by atoms with Gasteiger partial charge in [-0.15, -0.1) is 0 Å². The molecule has 1 heterocycles. The monoisotopic (exact) mass is 474 g/mol. The number of hydrogen-bond donors (Lipinski definition) is 1. The minimum atomic E-state index is -1.14. The molecule has 1 atom stereocenters. The fraction of sp³-hybridized carbons (Fsp3) is 0.367. The van der Waals surface area contributed by atoms with Crippen LogP contribution in [0.25, 0.3) is 11.1 Å². The molecule has 1 N–H and O–H groups in total. The summed E-state index contributed by atoms with van der Waals surface area (Å²) in [7, 11) is 0. The van der Waals surface area contributed by atoms with E-state index in [0.29, 0.717) is 24.5 Å². The quantitative estimate of drug-likeness (QED) is 0.407. The summed E-state index contributed by atoms with van der Waals surface area (Å²) in [4.78, 5) is 12.5. The largest absolute Gasteiger partial charge is 0.493 e. The smallest absolute Gasteiger partial charge is 0.337 e. The normalized spacial score (nSPS) is 14.1. The summed E-state index contributed by atoms with van der Waals surface area (Å²) in [6.45, 7) is 10.7. The van der Waals surface area contributed by atoms with E-state index in [2.05, 4.69) is 6.92 Å². The Morgan fingerprint density at radius 3 is 2.49 bits per heavy atom. The van der Waals surface area contributed by atoms with Crippen molar-refractivity contribution in [2.24, 2.45) is 0 Å². The Bertz CT molecular complexity index is 1210. The van der Waals surface area contributed by atoms with Gasteiger partial charge in [-0.25, -0.2) is 4.79 Å². The molecule has 0 bridgehead atoms. The molecule has 3 aromatic carbocycles. The molecule has 0 radical (unpaired) electrons. The van der Waals surface area contributed by atoms with Crippen molar-refractivity contribution in [3.63, 3.8) is 0 Å². The molecule has 3 aromatic rings. The van der Waals surface area contributed by atoms with Crippen molar-refractivity contribution in [3.8, 4) is 22.6 Å². The van der Waals surface area contributed by atoms with Crippen molar-refractivity contribution < 1.29 is 24.1 Å². The molecule has 0 spiro atoms. The first-order valence-electron chi connectivity index (χ1n) is 12.1. The molecular formula is C30H34O5. The summed E-state index contributed by atoms with van der Waals surface area (Å²) in [5, 5.41) is 10.3. The summed E-state index contributed by atoms with van der Waals surface area (Å²) in [6, 6.07) is 17.8. The molecule has 0 aromatic heterocycles. The zero-order valence-electron chi connectivity index (χ0n) is 21.2. The van der Waals surface area contributed by atoms with E-state index in [9.17, 15) is 9.90 Å². The summed E-state index contributed by atoms with van der Waals surface area (Å²) in [6.07, 6.45) is 0.745. The zero-order valence-corrected chi connectivity index (χ0v) is 21.2. The number of hydrogen-bond acceptors (Lipinski definition) is 4. The fourth-order valence-corrected chi connectivity index (χ4v) is 4.64. The number of carbonyl (C=O) groups is 1. The molecule has 35 heavy (non-hydrogen) atoms. The van der Waals surface area contributed by atoms with Gasteiger partial charge in [-0.3, -0.25) is 0 Å². The average molecular weight is 475 g/mol. The lowest BCUT2D eigenvalue weighted by Crippen LogP contribution is -2.28. The Morgan fingerprint density at radius 2 is 1.80 bits per heavy atom. The van der Waals surface area contributed by atoms with Crippen LogP contribution in [0.1, 0.15) is 61.1 Å². The van der Waals surface area contributed by atoms with Crippen LogP contribution in [0.5, 0.6) is 11.5 Å². The third-order valence-electron chi connectivity index (χ3n) is 6.27. The number of rotatable bonds is 7. The Morgan fingerprint density at radius 1 is 1.06 bits per heavy atom. The molecule has 1 unspecified atom stereocenters. The van der Waals surface area contributed by atoms with Crippen LogP contribution in [-0.2, 0) is 22.6 Å². The van der Waals surface area contributed by atoms with Crippen molar-refractivity contribution in [1.82, 2.24) is 0 Å². The number of ether oxygens (including phenoxy) is 3. The topological polar surface area (TPSA) is 65.0 Å². The summed E-state index contributed by atoms with van der Waals surface area (Å²) in [5.41, 5.74) is 5.82. The van der Waals surface area contributed by atoms with E-state index in [4.69, 9.17) is 14.2 Å². The first-order chi connectivity index (χ1) is 16.7. The second-order valence-corrected chi connectivity index (χ2v) is 10.1. The molecule has 1 aliphatic rings. The molecule has 0 aliphatic carbocycles. The molecule has 0 amide bonds. The highest BCUT2D eigenvalue weighted by molar-refractivity contribution is 5.85. The van der Waals surface area contributed by atoms with E-state index in [1.54, 1.807) is 0 Å². The van der Waals surface area contributed by atoms with Crippen molar-refractivity contribution in [2.75, 3.05) is 6.61 Å². The summed E-state index contributed by atoms with van der Waals surface area (Å²) >= 11 is 0. The maximum Gasteiger partial charge on any atom is 0.337 e. The predicted octanol–water partition coefficient (Wildman–Crippen LogP) is 6.82. The third kappa shape index (κ3) is 5.51. The van der Waals surface area contributed by atoms with E-state index < -0.39 is 17.7 Å². The maximum atomic E-state index is 12.5. The summed E-state index contributed by atoms with van der Waals surface area (Å²) < 4.78 is 18.4. The first-order valence-corrected chi connectivity index (χ1v) is 12.1. The second-order valence-electron chi connectivity index (χ2n) is 10.1. The van der Waals surface area contributed by atoms with E-state index in [0.717, 1.165) is 46.4 Å². The molecule has 4 rings (SSSR count). The van der Waals surface area contributed by atoms with E-state index >= 15 is 0 Å². The van der Waals surface area contributed by atoms with Crippen molar-refractivity contribution >= 4 is 5.97 Å². The number of carboxylic acids is 1. The number of aryl methyl sites for hydroxylation is 1. The standard InChI is InChI=1S/C30H34O5/c1-19-13-15-25(34-18-21-10-7-6-8-11-21)27(26(19)28(29(31)32)35-30(3,4)5)23-14-16-24-22(20(23)2)12-9-17-33-24/h6-8,10-11,13-16,28H,9,12,17-18H2,1-5H3,(H,31,32). The van der Waals surface area contributed by atoms with Gasteiger partial charge in [0.2, 0.25) is 0 Å². The number of carboxylic acid groups (broad SMARTS) is 1. The van der Waals surface area contributed by atoms with E-state index in [-0.39, 0.29) is 0 Å². The van der Waals surface area contributed by atoms with Crippen LogP contribution in [0, 0.1) is 13.8 Å². The van der Waals surface area contributed by atoms with Crippen molar-refractivity contribution in [3.05, 3.63) is 82.4 Å². The lowest BCUT2D eigenvalue weighted by molar-refractivity contribution is -0.160. The SMILES string of the molecule is Cc1ccc(OCc2ccccc2)c(-c2ccc3c(c2C)CCCO3)c1C(OC(C)(C)C)C(=O)O. The molecule has 0 saturated carbocycles. The van der Waals surface area contributed by atoms with Crippen LogP contribution in [0.15, 0.2) is 54.6 Å². The van der Waals surface area contributed by atoms with Gasteiger partial charge in [0.1, 0.15) is 18.1 Å². The van der Waals surface area contributed by atoms with Gasteiger partial charge in [0.15, 0.2) is 6.10 Å². The second kappa shape index (κ2) is 10.1. The van der Waals surface area contributed by atoms with Gasteiger partial charge >= 0.3 is 5.97 Å². The molecule has 0 saturated heterocycles. The van der Waals surface area contributed by atoms with Crippen LogP contribution in [-0.4, -0.2) is 23.3 Å². The Kier molecular flexibility index (Phi) is 7.18. The highest BCUT2D eigenvalue weighted by Crippen LogP contribution is 2.45. The first kappa shape index (κ1) is 24.8. The predicted molar refractivity (Wildman–Crippen MR) is 137 cm³/mol. The molecule has 184 valence electrons. The van der Waals surface area contributed by atoms with Crippen molar-refractivity contribution in [2.45, 2.75) is 65.8 Å². The van der Waals surface area contributed by atoms with Gasteiger partial charge in [-0.2, -0.15) is 0 Å². The maximum absolute atomic E-state index is 12.5. The lowest BCUT2D eigenvalue weighted by Gasteiger charge is -2.29. The molecular weight excluding hydrogens is 440 g/mol. The molecule has 0 fully saturated rings. The highest BCUT2D eigenvalue weighted by Gasteiger charge is 2.33. The van der Waals surface area contributed by atoms with Crippen LogP contribution >= 0.6 is 0 Å². The molecule has 5 nitrogen and oxygen atoms in total. The van der Waals surface area contributed by atoms with Crippen LogP contribution in [0.2, 0.25) is 0 Å². The van der Waals surface area contributed by atoms with Crippen LogP contribution in [0.3, 0.4) is 0 Å². The zero-order chi connectivity index (χ0) is 25.2. The minimum absolute atomic E-state index is 0.376. The van der Waals surface area contributed by atoms with Gasteiger partial charge in [-0.05, 0) is 87.4 Å². The molecule has 1 aliphatic heterocycles. The van der Waals surface area contributed by atoms with Gasteiger partial charge in [0.05, 0.1) is 12.2 Å². The Hall–Kier alpha value is -3.31. The van der Waals surface area contributed by atoms with Gasteiger partial charge in [-0.1, -0.05) is 42.5 Å². The Balaban J connectivity index is 1.91. The van der Waals surface area contributed by atoms with Crippen LogP contribution in [0.4, 0.5) is 0 Å².